The van der Waals surface area contributed by atoms with Gasteiger partial charge in [-0.2, -0.15) is 0 Å². The van der Waals surface area contributed by atoms with Gasteiger partial charge in [-0.1, -0.05) is 6.92 Å². The van der Waals surface area contributed by atoms with Crippen LogP contribution in [0.2, 0.25) is 0 Å². The Hall–Kier alpha value is -2.83. The highest BCUT2D eigenvalue weighted by Gasteiger charge is 2.30. The Morgan fingerprint density at radius 1 is 1.11 bits per heavy atom. The zero-order chi connectivity index (χ0) is 28.4. The second-order valence-corrected chi connectivity index (χ2v) is 13.6. The van der Waals surface area contributed by atoms with Crippen LogP contribution in [0.5, 0.6) is 0 Å². The normalized spacial score (nSPS) is 13.8. The molecule has 0 bridgehead atoms. The summed E-state index contributed by atoms with van der Waals surface area (Å²) in [7, 11) is -2.34. The lowest BCUT2D eigenvalue weighted by Crippen LogP contribution is -2.41. The number of carbonyl (C=O) groups excluding carboxylic acids is 1. The summed E-state index contributed by atoms with van der Waals surface area (Å²) in [4.78, 5) is 26.1. The van der Waals surface area contributed by atoms with Crippen molar-refractivity contribution < 1.29 is 22.2 Å². The zero-order valence-electron chi connectivity index (χ0n) is 22.2. The lowest BCUT2D eigenvalue weighted by Gasteiger charge is -2.27. The Labute approximate surface area is 225 Å². The number of sulfonamides is 1. The minimum Gasteiger partial charge on any atom is -0.598 e. The summed E-state index contributed by atoms with van der Waals surface area (Å²) in [6.45, 7) is 8.98. The van der Waals surface area contributed by atoms with Crippen LogP contribution in [-0.4, -0.2) is 34.6 Å². The molecule has 0 aliphatic rings. The number of carbonyl (C=O) groups is 1. The molecule has 0 saturated heterocycles. The van der Waals surface area contributed by atoms with Crippen molar-refractivity contribution in [2.24, 2.45) is 7.05 Å². The van der Waals surface area contributed by atoms with Crippen molar-refractivity contribution in [2.75, 3.05) is 6.54 Å². The highest BCUT2D eigenvalue weighted by atomic mass is 32.2. The van der Waals surface area contributed by atoms with Crippen LogP contribution in [0, 0.1) is 5.82 Å². The largest absolute Gasteiger partial charge is 0.598 e. The van der Waals surface area contributed by atoms with Gasteiger partial charge < -0.3 is 9.12 Å². The fraction of sp³-hybridized carbons (Fsp3) is 0.333. The zero-order valence-corrected chi connectivity index (χ0v) is 23.8. The Morgan fingerprint density at radius 3 is 2.32 bits per heavy atom. The van der Waals surface area contributed by atoms with Gasteiger partial charge in [0.2, 0.25) is 10.0 Å². The van der Waals surface area contributed by atoms with Gasteiger partial charge in [-0.15, -0.1) is 4.72 Å². The molecule has 2 N–H and O–H groups in total. The third-order valence-corrected chi connectivity index (χ3v) is 9.07. The molecule has 0 radical (unpaired) electrons. The van der Waals surface area contributed by atoms with E-state index in [4.69, 9.17) is 0 Å². The summed E-state index contributed by atoms with van der Waals surface area (Å²) >= 11 is -1.48. The lowest BCUT2D eigenvalue weighted by molar-refractivity contribution is 0.103. The van der Waals surface area contributed by atoms with E-state index in [1.54, 1.807) is 20.9 Å². The van der Waals surface area contributed by atoms with E-state index in [0.29, 0.717) is 11.1 Å². The average Bonchev–Trinajstić information content (AvgIpc) is 2.84. The van der Waals surface area contributed by atoms with Gasteiger partial charge >= 0.3 is 0 Å². The molecule has 1 heterocycles. The van der Waals surface area contributed by atoms with Gasteiger partial charge in [-0.25, -0.2) is 17.5 Å². The summed E-state index contributed by atoms with van der Waals surface area (Å²) in [5, 5.41) is 0. The number of hydrogen-bond donors (Lipinski definition) is 2. The molecule has 1 aromatic heterocycles. The molecule has 0 amide bonds. The molecule has 0 fully saturated rings. The van der Waals surface area contributed by atoms with Crippen molar-refractivity contribution in [2.45, 2.75) is 50.3 Å². The van der Waals surface area contributed by atoms with Crippen molar-refractivity contribution in [1.82, 2.24) is 14.0 Å². The quantitative estimate of drug-likeness (QED) is 0.303. The van der Waals surface area contributed by atoms with Crippen molar-refractivity contribution in [3.63, 3.8) is 0 Å². The van der Waals surface area contributed by atoms with Crippen LogP contribution in [0.3, 0.4) is 0 Å². The number of pyridine rings is 1. The van der Waals surface area contributed by atoms with Crippen LogP contribution >= 0.6 is 0 Å². The maximum absolute atomic E-state index is 13.6. The summed E-state index contributed by atoms with van der Waals surface area (Å²) < 4.78 is 58.3. The predicted octanol–water partition coefficient (Wildman–Crippen LogP) is 3.83. The topological polar surface area (TPSA) is 120 Å². The van der Waals surface area contributed by atoms with Gasteiger partial charge in [0.15, 0.2) is 5.78 Å². The van der Waals surface area contributed by atoms with Crippen LogP contribution in [0.25, 0.3) is 11.1 Å². The first kappa shape index (κ1) is 29.7. The van der Waals surface area contributed by atoms with Crippen molar-refractivity contribution in [3.05, 3.63) is 87.6 Å². The van der Waals surface area contributed by atoms with E-state index >= 15 is 0 Å². The summed E-state index contributed by atoms with van der Waals surface area (Å²) in [5.41, 5.74) is 1.16. The molecule has 38 heavy (non-hydrogen) atoms. The van der Waals surface area contributed by atoms with E-state index in [1.807, 2.05) is 20.8 Å². The van der Waals surface area contributed by atoms with Crippen LogP contribution < -0.4 is 15.0 Å². The van der Waals surface area contributed by atoms with Gasteiger partial charge in [0.25, 0.3) is 5.56 Å². The maximum Gasteiger partial charge on any atom is 0.250 e. The van der Waals surface area contributed by atoms with Crippen LogP contribution in [-0.2, 0) is 28.4 Å². The third kappa shape index (κ3) is 6.59. The lowest BCUT2D eigenvalue weighted by atomic mass is 9.90. The second-order valence-electron chi connectivity index (χ2n) is 9.86. The molecule has 0 aliphatic carbocycles. The molecule has 11 heteroatoms. The Balaban J connectivity index is 2.30. The van der Waals surface area contributed by atoms with Gasteiger partial charge in [-0.05, 0) is 81.3 Å². The Bertz CT molecular complexity index is 1500. The summed E-state index contributed by atoms with van der Waals surface area (Å²) in [5.74, 6) is -0.952. The smallest absolute Gasteiger partial charge is 0.250 e. The molecule has 0 aliphatic heterocycles. The van der Waals surface area contributed by atoms with E-state index in [2.05, 4.69) is 9.44 Å². The first-order valence-corrected chi connectivity index (χ1v) is 14.6. The van der Waals surface area contributed by atoms with Crippen LogP contribution in [0.1, 0.15) is 62.1 Å². The van der Waals surface area contributed by atoms with E-state index in [-0.39, 0.29) is 33.7 Å². The first-order chi connectivity index (χ1) is 17.7. The second kappa shape index (κ2) is 11.5. The number of aromatic nitrogens is 1. The molecular formula is C27H32FN3O5S2. The molecule has 8 nitrogen and oxygen atoms in total. The predicted molar refractivity (Wildman–Crippen MR) is 147 cm³/mol. The highest BCUT2D eigenvalue weighted by Crippen LogP contribution is 2.34. The van der Waals surface area contributed by atoms with Crippen molar-refractivity contribution >= 4 is 27.2 Å². The number of nitrogens with zero attached hydrogens (tertiary/aromatic N) is 1. The Kier molecular flexibility index (Phi) is 9.00. The van der Waals surface area contributed by atoms with E-state index < -0.39 is 43.8 Å². The molecule has 204 valence electrons. The molecule has 2 aromatic carbocycles. The standard InChI is InChI=1S/C27H32FN3O5S2/c1-7-29-38(35,36)20-12-13-21(26(33)18-8-10-19(28)11-9-18)23(14-20)24-16-31(6)25(32)15-22(24)17(2)30-37(34)27(3,4)5/h8-17,29-30H,7H2,1-6H3/t17-,37?/m0/s1. The van der Waals surface area contributed by atoms with Gasteiger partial charge in [0.1, 0.15) is 10.6 Å². The highest BCUT2D eigenvalue weighted by molar-refractivity contribution is 7.90. The van der Waals surface area contributed by atoms with Gasteiger partial charge in [0, 0.05) is 53.9 Å². The number of rotatable bonds is 9. The summed E-state index contributed by atoms with van der Waals surface area (Å²) in [6, 6.07) is 9.94. The number of ketones is 1. The Morgan fingerprint density at radius 2 is 1.74 bits per heavy atom. The van der Waals surface area contributed by atoms with E-state index in [9.17, 15) is 27.0 Å². The molecule has 0 saturated carbocycles. The van der Waals surface area contributed by atoms with E-state index in [1.165, 1.54) is 59.3 Å². The molecule has 1 unspecified atom stereocenters. The minimum atomic E-state index is -3.89. The fourth-order valence-electron chi connectivity index (χ4n) is 3.77. The van der Waals surface area contributed by atoms with Gasteiger partial charge in [0.05, 0.1) is 10.9 Å². The SMILES string of the molecule is CCNS(=O)(=O)c1ccc(C(=O)c2ccc(F)cc2)c(-c2cn(C)c(=O)cc2[C@H](C)N[S+]([O-])C(C)(C)C)c1. The first-order valence-electron chi connectivity index (χ1n) is 12.0. The monoisotopic (exact) mass is 561 g/mol. The van der Waals surface area contributed by atoms with E-state index in [0.717, 1.165) is 0 Å². The number of hydrogen-bond acceptors (Lipinski definition) is 6. The number of nitrogens with one attached hydrogen (secondary N) is 2. The van der Waals surface area contributed by atoms with Crippen LogP contribution in [0.4, 0.5) is 4.39 Å². The molecule has 3 rings (SSSR count). The van der Waals surface area contributed by atoms with Crippen molar-refractivity contribution in [3.8, 4) is 11.1 Å². The number of aryl methyl sites for hydroxylation is 1. The van der Waals surface area contributed by atoms with Crippen LogP contribution in [0.15, 0.2) is 64.4 Å². The van der Waals surface area contributed by atoms with Crippen molar-refractivity contribution in [1.29, 1.82) is 0 Å². The molecular weight excluding hydrogens is 529 g/mol. The summed E-state index contributed by atoms with van der Waals surface area (Å²) in [6.07, 6.45) is 1.52. The minimum absolute atomic E-state index is 0.0660. The molecule has 2 atom stereocenters. The number of benzene rings is 2. The fourth-order valence-corrected chi connectivity index (χ4v) is 5.64. The average molecular weight is 562 g/mol. The third-order valence-electron chi connectivity index (χ3n) is 5.84. The molecule has 0 spiro atoms. The maximum atomic E-state index is 13.6. The number of halogens is 1. The van der Waals surface area contributed by atoms with Gasteiger partial charge in [-0.3, -0.25) is 9.59 Å². The molecule has 3 aromatic rings.